The fourth-order valence-corrected chi connectivity index (χ4v) is 3.30. The van der Waals surface area contributed by atoms with Crippen LogP contribution in [0.1, 0.15) is 46.0 Å². The van der Waals surface area contributed by atoms with E-state index in [1.54, 1.807) is 6.08 Å². The van der Waals surface area contributed by atoms with E-state index in [1.165, 1.54) is 11.6 Å². The summed E-state index contributed by atoms with van der Waals surface area (Å²) in [5, 5.41) is 0. The minimum Gasteiger partial charge on any atom is -0.362 e. The fraction of sp³-hybridized carbons (Fsp3) is 0.600. The summed E-state index contributed by atoms with van der Waals surface area (Å²) in [5.41, 5.74) is 1.82. The molecule has 1 fully saturated rings. The number of hydrogen-bond acceptors (Lipinski definition) is 2. The maximum absolute atomic E-state index is 14.3. The van der Waals surface area contributed by atoms with Gasteiger partial charge in [-0.2, -0.15) is 0 Å². The van der Waals surface area contributed by atoms with Gasteiger partial charge in [0.1, 0.15) is 0 Å². The summed E-state index contributed by atoms with van der Waals surface area (Å²) in [6.45, 7) is 7.02. The molecular weight excluding hydrogens is 308 g/mol. The molecule has 1 aliphatic heterocycles. The predicted octanol–water partition coefficient (Wildman–Crippen LogP) is 5.46. The van der Waals surface area contributed by atoms with Crippen molar-refractivity contribution in [3.63, 3.8) is 0 Å². The van der Waals surface area contributed by atoms with Crippen molar-refractivity contribution in [3.8, 4) is 0 Å². The first-order chi connectivity index (χ1) is 11.7. The summed E-state index contributed by atoms with van der Waals surface area (Å²) >= 11 is 0. The Hall–Kier alpha value is -1.26. The van der Waals surface area contributed by atoms with Crippen LogP contribution in [0.5, 0.6) is 0 Å². The lowest BCUT2D eigenvalue weighted by molar-refractivity contribution is 0.0370. The Bertz CT molecular complexity index is 534. The molecule has 1 aliphatic carbocycles. The average molecular weight is 337 g/mol. The van der Waals surface area contributed by atoms with Crippen LogP contribution >= 0.6 is 0 Å². The Morgan fingerprint density at radius 2 is 2.21 bits per heavy atom. The summed E-state index contributed by atoms with van der Waals surface area (Å²) < 4.78 is 33.9. The number of allylic oxidation sites excluding steroid dienone is 6. The molecule has 24 heavy (non-hydrogen) atoms. The third-order valence-electron chi connectivity index (χ3n) is 4.82. The highest BCUT2D eigenvalue weighted by Gasteiger charge is 2.25. The van der Waals surface area contributed by atoms with Crippen molar-refractivity contribution in [2.75, 3.05) is 26.4 Å². The summed E-state index contributed by atoms with van der Waals surface area (Å²) in [4.78, 5) is 2.23. The Morgan fingerprint density at radius 3 is 2.96 bits per heavy atom. The molecule has 1 saturated heterocycles. The molecule has 2 nitrogen and oxygen atoms in total. The highest BCUT2D eigenvalue weighted by atomic mass is 19.2. The standard InChI is InChI=1S/C20H29F2NO/c1-3-16(4-2)14-24-15-23-12-8-7-9-17(13-23)18-10-5-6-11-19(21)20(18)22/h3,6,10-11,17H,4-5,7-9,12-15H2,1-2H3/b16-3+/t17-/m1/s1. The number of ether oxygens (including phenoxy) is 1. The van der Waals surface area contributed by atoms with Crippen LogP contribution in [0.15, 0.2) is 47.1 Å². The van der Waals surface area contributed by atoms with Crippen molar-refractivity contribution < 1.29 is 13.5 Å². The van der Waals surface area contributed by atoms with Gasteiger partial charge in [-0.3, -0.25) is 4.90 Å². The molecule has 0 saturated carbocycles. The second kappa shape index (κ2) is 9.90. The Balaban J connectivity index is 1.97. The van der Waals surface area contributed by atoms with Crippen molar-refractivity contribution in [1.29, 1.82) is 0 Å². The second-order valence-corrected chi connectivity index (χ2v) is 6.51. The summed E-state index contributed by atoms with van der Waals surface area (Å²) in [6, 6.07) is 0. The van der Waals surface area contributed by atoms with Crippen LogP contribution in [0.25, 0.3) is 0 Å². The zero-order valence-corrected chi connectivity index (χ0v) is 14.9. The summed E-state index contributed by atoms with van der Waals surface area (Å²) in [7, 11) is 0. The molecular formula is C20H29F2NO. The number of nitrogens with zero attached hydrogens (tertiary/aromatic N) is 1. The van der Waals surface area contributed by atoms with E-state index < -0.39 is 11.7 Å². The predicted molar refractivity (Wildman–Crippen MR) is 94.9 cm³/mol. The van der Waals surface area contributed by atoms with Gasteiger partial charge in [0.25, 0.3) is 0 Å². The Kier molecular flexibility index (Phi) is 7.86. The monoisotopic (exact) mass is 337 g/mol. The SMILES string of the molecule is C/C=C(\CC)COCN1CCCC[C@@H](C2=CCC=CC(F)=C2F)C1. The van der Waals surface area contributed by atoms with E-state index in [9.17, 15) is 8.78 Å². The molecule has 4 heteroatoms. The van der Waals surface area contributed by atoms with Gasteiger partial charge in [-0.1, -0.05) is 31.6 Å². The number of rotatable bonds is 6. The van der Waals surface area contributed by atoms with Crippen LogP contribution in [-0.2, 0) is 4.74 Å². The lowest BCUT2D eigenvalue weighted by atomic mass is 9.92. The smallest absolute Gasteiger partial charge is 0.162 e. The molecule has 0 unspecified atom stereocenters. The number of halogens is 2. The molecule has 0 radical (unpaired) electrons. The molecule has 0 N–H and O–H groups in total. The van der Waals surface area contributed by atoms with Crippen molar-refractivity contribution in [3.05, 3.63) is 47.1 Å². The normalized spacial score (nSPS) is 23.9. The molecule has 0 spiro atoms. The topological polar surface area (TPSA) is 12.5 Å². The van der Waals surface area contributed by atoms with Crippen LogP contribution in [0, 0.1) is 5.92 Å². The molecule has 134 valence electrons. The van der Waals surface area contributed by atoms with Crippen molar-refractivity contribution >= 4 is 0 Å². The zero-order valence-electron chi connectivity index (χ0n) is 14.9. The molecule has 1 atom stereocenters. The maximum atomic E-state index is 14.3. The van der Waals surface area contributed by atoms with Gasteiger partial charge in [-0.25, -0.2) is 8.78 Å². The average Bonchev–Trinajstić information content (AvgIpc) is 2.91. The van der Waals surface area contributed by atoms with Crippen LogP contribution in [-0.4, -0.2) is 31.3 Å². The van der Waals surface area contributed by atoms with Gasteiger partial charge in [0.05, 0.1) is 13.3 Å². The van der Waals surface area contributed by atoms with Gasteiger partial charge in [-0.15, -0.1) is 0 Å². The van der Waals surface area contributed by atoms with Gasteiger partial charge >= 0.3 is 0 Å². The zero-order chi connectivity index (χ0) is 17.4. The molecule has 2 aliphatic rings. The lowest BCUT2D eigenvalue weighted by Crippen LogP contribution is -2.32. The van der Waals surface area contributed by atoms with E-state index >= 15 is 0 Å². The number of likely N-dealkylation sites (tertiary alicyclic amines) is 1. The molecule has 0 aromatic heterocycles. The van der Waals surface area contributed by atoms with Gasteiger partial charge in [0.2, 0.25) is 0 Å². The van der Waals surface area contributed by atoms with Crippen LogP contribution in [0.3, 0.4) is 0 Å². The third kappa shape index (κ3) is 5.38. The molecule has 0 amide bonds. The molecule has 0 aromatic carbocycles. The van der Waals surface area contributed by atoms with E-state index in [0.29, 0.717) is 25.3 Å². The lowest BCUT2D eigenvalue weighted by Gasteiger charge is -2.25. The minimum atomic E-state index is -0.744. The van der Waals surface area contributed by atoms with Crippen LogP contribution < -0.4 is 0 Å². The molecule has 0 bridgehead atoms. The largest absolute Gasteiger partial charge is 0.362 e. The van der Waals surface area contributed by atoms with Crippen molar-refractivity contribution in [2.24, 2.45) is 5.92 Å². The highest BCUT2D eigenvalue weighted by Crippen LogP contribution is 2.33. The van der Waals surface area contributed by atoms with Crippen molar-refractivity contribution in [2.45, 2.75) is 46.0 Å². The maximum Gasteiger partial charge on any atom is 0.162 e. The summed E-state index contributed by atoms with van der Waals surface area (Å²) in [5.74, 6) is -1.39. The van der Waals surface area contributed by atoms with E-state index in [2.05, 4.69) is 17.9 Å². The molecule has 0 aromatic rings. The Morgan fingerprint density at radius 1 is 1.38 bits per heavy atom. The minimum absolute atomic E-state index is 0.0362. The van der Waals surface area contributed by atoms with E-state index in [0.717, 1.165) is 38.8 Å². The van der Waals surface area contributed by atoms with Gasteiger partial charge in [-0.05, 0) is 55.7 Å². The van der Waals surface area contributed by atoms with Crippen LogP contribution in [0.2, 0.25) is 0 Å². The Labute approximate surface area is 144 Å². The highest BCUT2D eigenvalue weighted by molar-refractivity contribution is 5.37. The first-order valence-corrected chi connectivity index (χ1v) is 9.02. The molecule has 2 rings (SSSR count). The third-order valence-corrected chi connectivity index (χ3v) is 4.82. The van der Waals surface area contributed by atoms with Crippen LogP contribution in [0.4, 0.5) is 8.78 Å². The van der Waals surface area contributed by atoms with E-state index in [4.69, 9.17) is 4.74 Å². The quantitative estimate of drug-likeness (QED) is 0.597. The number of hydrogen-bond donors (Lipinski definition) is 0. The first-order valence-electron chi connectivity index (χ1n) is 9.02. The fourth-order valence-electron chi connectivity index (χ4n) is 3.30. The second-order valence-electron chi connectivity index (χ2n) is 6.51. The van der Waals surface area contributed by atoms with Gasteiger partial charge in [0.15, 0.2) is 11.7 Å². The van der Waals surface area contributed by atoms with E-state index in [-0.39, 0.29) is 5.92 Å². The van der Waals surface area contributed by atoms with Crippen molar-refractivity contribution in [1.82, 2.24) is 4.90 Å². The van der Waals surface area contributed by atoms with Gasteiger partial charge in [0, 0.05) is 13.1 Å². The first kappa shape index (κ1) is 19.1. The summed E-state index contributed by atoms with van der Waals surface area (Å²) in [6.07, 6.45) is 11.4. The van der Waals surface area contributed by atoms with Gasteiger partial charge < -0.3 is 4.74 Å². The van der Waals surface area contributed by atoms with E-state index in [1.807, 2.05) is 13.0 Å². The molecule has 1 heterocycles.